The van der Waals surface area contributed by atoms with E-state index in [0.717, 1.165) is 5.56 Å². The summed E-state index contributed by atoms with van der Waals surface area (Å²) in [5.41, 5.74) is 1.42. The summed E-state index contributed by atoms with van der Waals surface area (Å²) < 4.78 is 13.1. The lowest BCUT2D eigenvalue weighted by Gasteiger charge is -2.12. The predicted molar refractivity (Wildman–Crippen MR) is 66.9 cm³/mol. The molecule has 2 aromatic carbocycles. The summed E-state index contributed by atoms with van der Waals surface area (Å²) in [5, 5.41) is 9.26. The Morgan fingerprint density at radius 1 is 1.11 bits per heavy atom. The Morgan fingerprint density at radius 3 is 2.44 bits per heavy atom. The molecule has 0 amide bonds. The molecule has 0 aliphatic rings. The molecule has 0 heterocycles. The van der Waals surface area contributed by atoms with Gasteiger partial charge in [0.15, 0.2) is 0 Å². The molecule has 0 spiro atoms. The summed E-state index contributed by atoms with van der Waals surface area (Å²) in [6, 6.07) is 15.1. The predicted octanol–water partition coefficient (Wildman–Crippen LogP) is 3.24. The molecule has 0 aromatic heterocycles. The van der Waals surface area contributed by atoms with Gasteiger partial charge in [-0.15, -0.1) is 0 Å². The van der Waals surface area contributed by atoms with E-state index in [2.05, 4.69) is 0 Å². The molecule has 0 radical (unpaired) electrons. The van der Waals surface area contributed by atoms with Crippen LogP contribution in [0.4, 0.5) is 4.39 Å². The Hall–Kier alpha value is -2.16. The Balaban J connectivity index is 2.27. The Labute approximate surface area is 105 Å². The molecule has 18 heavy (non-hydrogen) atoms. The van der Waals surface area contributed by atoms with Gasteiger partial charge in [0.25, 0.3) is 0 Å². The Morgan fingerprint density at radius 2 is 1.83 bits per heavy atom. The van der Waals surface area contributed by atoms with E-state index in [1.807, 2.05) is 30.3 Å². The lowest BCUT2D eigenvalue weighted by atomic mass is 9.92. The van der Waals surface area contributed by atoms with Gasteiger partial charge in [0.2, 0.25) is 0 Å². The van der Waals surface area contributed by atoms with E-state index in [4.69, 9.17) is 0 Å². The van der Waals surface area contributed by atoms with Crippen molar-refractivity contribution in [2.45, 2.75) is 12.3 Å². The second-order valence-corrected chi connectivity index (χ2v) is 4.14. The van der Waals surface area contributed by atoms with Gasteiger partial charge >= 0.3 is 5.97 Å². The Kier molecular flexibility index (Phi) is 3.72. The Bertz CT molecular complexity index is 537. The second-order valence-electron chi connectivity index (χ2n) is 4.14. The van der Waals surface area contributed by atoms with Crippen molar-refractivity contribution in [3.8, 4) is 0 Å². The maximum atomic E-state index is 13.1. The minimum atomic E-state index is -0.940. The molecule has 92 valence electrons. The third-order valence-electron chi connectivity index (χ3n) is 2.83. The van der Waals surface area contributed by atoms with Crippen LogP contribution < -0.4 is 0 Å². The van der Waals surface area contributed by atoms with E-state index in [1.54, 1.807) is 6.07 Å². The number of carboxylic acid groups (broad SMARTS) is 1. The highest BCUT2D eigenvalue weighted by Crippen LogP contribution is 2.22. The van der Waals surface area contributed by atoms with Crippen molar-refractivity contribution in [2.24, 2.45) is 0 Å². The molecule has 3 heteroatoms. The third kappa shape index (κ3) is 2.94. The van der Waals surface area contributed by atoms with Crippen LogP contribution in [-0.2, 0) is 11.2 Å². The summed E-state index contributed by atoms with van der Waals surface area (Å²) in [5.74, 6) is -2.07. The van der Waals surface area contributed by atoms with Crippen molar-refractivity contribution < 1.29 is 14.3 Å². The van der Waals surface area contributed by atoms with Crippen LogP contribution in [-0.4, -0.2) is 11.1 Å². The summed E-state index contributed by atoms with van der Waals surface area (Å²) >= 11 is 0. The molecule has 1 unspecified atom stereocenters. The van der Waals surface area contributed by atoms with E-state index >= 15 is 0 Å². The molecule has 1 N–H and O–H groups in total. The maximum absolute atomic E-state index is 13.1. The number of hydrogen-bond acceptors (Lipinski definition) is 1. The highest BCUT2D eigenvalue weighted by molar-refractivity contribution is 5.76. The van der Waals surface area contributed by atoms with Crippen molar-refractivity contribution in [1.29, 1.82) is 0 Å². The van der Waals surface area contributed by atoms with E-state index in [1.165, 1.54) is 18.2 Å². The molecule has 0 aliphatic carbocycles. The molecular formula is C15H13FO2. The van der Waals surface area contributed by atoms with E-state index in [9.17, 15) is 14.3 Å². The summed E-state index contributed by atoms with van der Waals surface area (Å²) in [6.45, 7) is 0. The number of aliphatic carboxylic acids is 1. The van der Waals surface area contributed by atoms with Gasteiger partial charge in [0, 0.05) is 0 Å². The number of halogens is 1. The molecule has 0 fully saturated rings. The minimum absolute atomic E-state index is 0.361. The third-order valence-corrected chi connectivity index (χ3v) is 2.83. The van der Waals surface area contributed by atoms with Crippen LogP contribution in [0, 0.1) is 5.82 Å². The molecule has 2 nitrogen and oxygen atoms in total. The van der Waals surface area contributed by atoms with Crippen LogP contribution in [0.5, 0.6) is 0 Å². The van der Waals surface area contributed by atoms with Crippen molar-refractivity contribution in [2.75, 3.05) is 0 Å². The average Bonchev–Trinajstić information content (AvgIpc) is 2.37. The van der Waals surface area contributed by atoms with Crippen LogP contribution in [0.3, 0.4) is 0 Å². The van der Waals surface area contributed by atoms with E-state index < -0.39 is 17.7 Å². The van der Waals surface area contributed by atoms with Gasteiger partial charge in [-0.25, -0.2) is 4.39 Å². The van der Waals surface area contributed by atoms with Crippen molar-refractivity contribution in [3.63, 3.8) is 0 Å². The molecule has 1 atom stereocenters. The zero-order valence-corrected chi connectivity index (χ0v) is 9.71. The molecule has 0 bridgehead atoms. The van der Waals surface area contributed by atoms with E-state index in [0.29, 0.717) is 12.0 Å². The summed E-state index contributed by atoms with van der Waals surface area (Å²) in [4.78, 5) is 11.3. The van der Waals surface area contributed by atoms with Crippen molar-refractivity contribution >= 4 is 5.97 Å². The van der Waals surface area contributed by atoms with Crippen LogP contribution in [0.25, 0.3) is 0 Å². The zero-order valence-electron chi connectivity index (χ0n) is 9.71. The monoisotopic (exact) mass is 244 g/mol. The fraction of sp³-hybridized carbons (Fsp3) is 0.133. The largest absolute Gasteiger partial charge is 0.481 e. The quantitative estimate of drug-likeness (QED) is 0.896. The second kappa shape index (κ2) is 5.45. The fourth-order valence-corrected chi connectivity index (χ4v) is 1.92. The van der Waals surface area contributed by atoms with Crippen LogP contribution in [0.2, 0.25) is 0 Å². The molecule has 0 saturated heterocycles. The van der Waals surface area contributed by atoms with E-state index in [-0.39, 0.29) is 0 Å². The maximum Gasteiger partial charge on any atom is 0.311 e. The standard InChI is InChI=1S/C15H13FO2/c16-13-8-4-7-12(10-13)14(15(17)18)9-11-5-2-1-3-6-11/h1-8,10,14H,9H2,(H,17,18). The first-order valence-electron chi connectivity index (χ1n) is 5.69. The van der Waals surface area contributed by atoms with Crippen LogP contribution in [0.15, 0.2) is 54.6 Å². The van der Waals surface area contributed by atoms with Gasteiger partial charge < -0.3 is 5.11 Å². The smallest absolute Gasteiger partial charge is 0.311 e. The molecule has 2 rings (SSSR count). The molecular weight excluding hydrogens is 231 g/mol. The van der Waals surface area contributed by atoms with Gasteiger partial charge in [0.05, 0.1) is 5.92 Å². The molecule has 2 aromatic rings. The van der Waals surface area contributed by atoms with Crippen molar-refractivity contribution in [1.82, 2.24) is 0 Å². The minimum Gasteiger partial charge on any atom is -0.481 e. The van der Waals surface area contributed by atoms with Gasteiger partial charge in [0.1, 0.15) is 5.82 Å². The first kappa shape index (κ1) is 12.3. The molecule has 0 aliphatic heterocycles. The molecule has 0 saturated carbocycles. The van der Waals surface area contributed by atoms with Gasteiger partial charge in [-0.2, -0.15) is 0 Å². The zero-order chi connectivity index (χ0) is 13.0. The van der Waals surface area contributed by atoms with Crippen LogP contribution >= 0.6 is 0 Å². The number of carbonyl (C=O) groups is 1. The van der Waals surface area contributed by atoms with Gasteiger partial charge in [-0.05, 0) is 29.7 Å². The van der Waals surface area contributed by atoms with Gasteiger partial charge in [-0.1, -0.05) is 42.5 Å². The number of carboxylic acids is 1. The average molecular weight is 244 g/mol. The topological polar surface area (TPSA) is 37.3 Å². The van der Waals surface area contributed by atoms with Crippen LogP contribution in [0.1, 0.15) is 17.0 Å². The first-order chi connectivity index (χ1) is 8.66. The fourth-order valence-electron chi connectivity index (χ4n) is 1.92. The summed E-state index contributed by atoms with van der Waals surface area (Å²) in [7, 11) is 0. The summed E-state index contributed by atoms with van der Waals surface area (Å²) in [6.07, 6.45) is 0.361. The number of hydrogen-bond donors (Lipinski definition) is 1. The SMILES string of the molecule is O=C(O)C(Cc1ccccc1)c1cccc(F)c1. The highest BCUT2D eigenvalue weighted by Gasteiger charge is 2.20. The van der Waals surface area contributed by atoms with Crippen molar-refractivity contribution in [3.05, 3.63) is 71.5 Å². The normalized spacial score (nSPS) is 12.1. The van der Waals surface area contributed by atoms with Gasteiger partial charge in [-0.3, -0.25) is 4.79 Å². The first-order valence-corrected chi connectivity index (χ1v) is 5.69. The highest BCUT2D eigenvalue weighted by atomic mass is 19.1. The number of benzene rings is 2. The lowest BCUT2D eigenvalue weighted by Crippen LogP contribution is -2.14. The lowest BCUT2D eigenvalue weighted by molar-refractivity contribution is -0.138. The number of rotatable bonds is 4.